The number of thiazole rings is 1. The van der Waals surface area contributed by atoms with E-state index < -0.39 is 11.7 Å². The Morgan fingerprint density at radius 2 is 1.51 bits per heavy atom. The number of hydrogen-bond donors (Lipinski definition) is 0. The van der Waals surface area contributed by atoms with Crippen molar-refractivity contribution < 1.29 is 18.0 Å². The highest BCUT2D eigenvalue weighted by molar-refractivity contribution is 7.12. The average Bonchev–Trinajstić information content (AvgIpc) is 3.28. The Labute approximate surface area is 220 Å². The van der Waals surface area contributed by atoms with Crippen LogP contribution in [0.15, 0.2) is 53.5 Å². The summed E-state index contributed by atoms with van der Waals surface area (Å²) in [6.07, 6.45) is 6.86. The summed E-state index contributed by atoms with van der Waals surface area (Å²) in [6, 6.07) is 13.2. The number of rotatable bonds is 5. The number of nitrogens with zero attached hydrogens (tertiary/aromatic N) is 2. The number of hydrogen-bond acceptors (Lipinski definition) is 3. The van der Waals surface area contributed by atoms with Gasteiger partial charge in [0.1, 0.15) is 4.88 Å². The van der Waals surface area contributed by atoms with Crippen LogP contribution in [-0.4, -0.2) is 16.4 Å². The minimum Gasteiger partial charge on any atom is -0.313 e. The largest absolute Gasteiger partial charge is 0.416 e. The molecule has 37 heavy (non-hydrogen) atoms. The smallest absolute Gasteiger partial charge is 0.313 e. The highest BCUT2D eigenvalue weighted by Gasteiger charge is 2.32. The van der Waals surface area contributed by atoms with Gasteiger partial charge in [0, 0.05) is 17.2 Å². The zero-order chi connectivity index (χ0) is 26.0. The maximum Gasteiger partial charge on any atom is 0.416 e. The van der Waals surface area contributed by atoms with E-state index in [0.29, 0.717) is 4.88 Å². The van der Waals surface area contributed by atoms with Gasteiger partial charge in [0.05, 0.1) is 17.3 Å². The molecule has 0 amide bonds. The fourth-order valence-corrected chi connectivity index (χ4v) is 6.95. The predicted molar refractivity (Wildman–Crippen MR) is 142 cm³/mol. The number of carbonyl (C=O) groups excluding carboxylic acids is 1. The first-order valence-electron chi connectivity index (χ1n) is 13.4. The number of benzene rings is 2. The van der Waals surface area contributed by atoms with E-state index in [2.05, 4.69) is 4.57 Å². The van der Waals surface area contributed by atoms with Crippen LogP contribution in [0, 0.1) is 6.92 Å². The Hall–Kier alpha value is -2.67. The average molecular weight is 527 g/mol. The van der Waals surface area contributed by atoms with Gasteiger partial charge in [-0.25, -0.2) is 0 Å². The second kappa shape index (κ2) is 11.0. The van der Waals surface area contributed by atoms with Gasteiger partial charge in [0.25, 0.3) is 0 Å². The van der Waals surface area contributed by atoms with E-state index in [-0.39, 0.29) is 23.4 Å². The third-order valence-electron chi connectivity index (χ3n) is 7.74. The summed E-state index contributed by atoms with van der Waals surface area (Å²) in [5.41, 5.74) is 2.44. The zero-order valence-corrected chi connectivity index (χ0v) is 22.0. The van der Waals surface area contributed by atoms with E-state index in [1.165, 1.54) is 49.2 Å². The Balaban J connectivity index is 1.70. The van der Waals surface area contributed by atoms with Gasteiger partial charge in [0.2, 0.25) is 5.78 Å². The molecular formula is C30H33F3N2OS. The molecule has 3 aromatic rings. The van der Waals surface area contributed by atoms with Crippen molar-refractivity contribution in [2.24, 2.45) is 4.99 Å². The molecule has 3 nitrogen and oxygen atoms in total. The van der Waals surface area contributed by atoms with Crippen LogP contribution in [-0.2, 0) is 6.18 Å². The summed E-state index contributed by atoms with van der Waals surface area (Å²) < 4.78 is 41.8. The predicted octanol–water partition coefficient (Wildman–Crippen LogP) is 8.51. The molecule has 0 saturated heterocycles. The highest BCUT2D eigenvalue weighted by Crippen LogP contribution is 2.38. The molecule has 0 unspecified atom stereocenters. The second-order valence-electron chi connectivity index (χ2n) is 10.4. The van der Waals surface area contributed by atoms with Gasteiger partial charge in [-0.05, 0) is 50.3 Å². The molecule has 0 N–H and O–H groups in total. The number of aromatic nitrogens is 1. The number of carbonyl (C=O) groups is 1. The quantitative estimate of drug-likeness (QED) is 0.307. The molecule has 0 bridgehead atoms. The van der Waals surface area contributed by atoms with Crippen LogP contribution in [0.25, 0.3) is 11.3 Å². The molecule has 2 aliphatic rings. The molecule has 2 saturated carbocycles. The Morgan fingerprint density at radius 3 is 2.14 bits per heavy atom. The number of halogens is 3. The lowest BCUT2D eigenvalue weighted by atomic mass is 9.93. The highest BCUT2D eigenvalue weighted by atomic mass is 32.1. The number of aryl methyl sites for hydroxylation is 1. The second-order valence-corrected chi connectivity index (χ2v) is 11.3. The van der Waals surface area contributed by atoms with Crippen molar-refractivity contribution in [1.82, 2.24) is 4.57 Å². The Kier molecular flexibility index (Phi) is 7.70. The maximum atomic E-state index is 13.9. The molecule has 0 radical (unpaired) electrons. The molecular weight excluding hydrogens is 493 g/mol. The fourth-order valence-electron chi connectivity index (χ4n) is 5.71. The first-order valence-corrected chi connectivity index (χ1v) is 14.2. The van der Waals surface area contributed by atoms with Gasteiger partial charge in [-0.15, -0.1) is 0 Å². The van der Waals surface area contributed by atoms with Crippen molar-refractivity contribution in [2.75, 3.05) is 0 Å². The van der Waals surface area contributed by atoms with Crippen molar-refractivity contribution in [1.29, 1.82) is 0 Å². The SMILES string of the molecule is Cc1ccccc1-c1c(C(=O)c2ccc(C(F)(F)F)cc2)sc(=NC2CCCCC2)n1C1CCCCC1. The van der Waals surface area contributed by atoms with Crippen LogP contribution in [0.2, 0.25) is 0 Å². The molecule has 0 spiro atoms. The van der Waals surface area contributed by atoms with Crippen molar-refractivity contribution in [3.63, 3.8) is 0 Å². The van der Waals surface area contributed by atoms with Gasteiger partial charge >= 0.3 is 6.18 Å². The van der Waals surface area contributed by atoms with Gasteiger partial charge in [-0.2, -0.15) is 13.2 Å². The Morgan fingerprint density at radius 1 is 0.892 bits per heavy atom. The van der Waals surface area contributed by atoms with Crippen LogP contribution >= 0.6 is 11.3 Å². The lowest BCUT2D eigenvalue weighted by Crippen LogP contribution is -2.26. The Bertz CT molecular complexity index is 1310. The van der Waals surface area contributed by atoms with Gasteiger partial charge in [-0.3, -0.25) is 9.79 Å². The molecule has 0 aliphatic heterocycles. The molecule has 1 aromatic heterocycles. The summed E-state index contributed by atoms with van der Waals surface area (Å²) in [4.78, 5) is 20.6. The monoisotopic (exact) mass is 526 g/mol. The van der Waals surface area contributed by atoms with E-state index in [0.717, 1.165) is 72.3 Å². The summed E-state index contributed by atoms with van der Waals surface area (Å²) in [5, 5.41) is 0. The zero-order valence-electron chi connectivity index (χ0n) is 21.2. The van der Waals surface area contributed by atoms with Gasteiger partial charge < -0.3 is 4.57 Å². The topological polar surface area (TPSA) is 34.4 Å². The standard InChI is InChI=1S/C30H33F3N2OS/c1-20-10-8-9-15-25(20)26-28(27(36)21-16-18-22(19-17-21)30(31,32)33)37-29(34-23-11-4-2-5-12-23)35(26)24-13-6-3-7-14-24/h8-10,15-19,23-24H,2-7,11-14H2,1H3. The van der Waals surface area contributed by atoms with Crippen molar-refractivity contribution >= 4 is 17.1 Å². The van der Waals surface area contributed by atoms with Crippen LogP contribution in [0.4, 0.5) is 13.2 Å². The van der Waals surface area contributed by atoms with Crippen molar-refractivity contribution in [3.8, 4) is 11.3 Å². The molecule has 1 heterocycles. The molecule has 196 valence electrons. The number of alkyl halides is 3. The van der Waals surface area contributed by atoms with Crippen LogP contribution in [0.5, 0.6) is 0 Å². The van der Waals surface area contributed by atoms with Gasteiger partial charge in [-0.1, -0.05) is 86.3 Å². The van der Waals surface area contributed by atoms with Crippen molar-refractivity contribution in [3.05, 3.63) is 74.9 Å². The van der Waals surface area contributed by atoms with E-state index >= 15 is 0 Å². The fraction of sp³-hybridized carbons (Fsp3) is 0.467. The normalized spacial score (nSPS) is 18.3. The summed E-state index contributed by atoms with van der Waals surface area (Å²) in [5.74, 6) is -0.244. The van der Waals surface area contributed by atoms with Crippen LogP contribution < -0.4 is 4.80 Å². The van der Waals surface area contributed by atoms with Crippen molar-refractivity contribution in [2.45, 2.75) is 89.4 Å². The molecule has 2 aromatic carbocycles. The summed E-state index contributed by atoms with van der Waals surface area (Å²) in [7, 11) is 0. The van der Waals surface area contributed by atoms with E-state index in [1.54, 1.807) is 0 Å². The first-order chi connectivity index (χ1) is 17.8. The molecule has 0 atom stereocenters. The number of ketones is 1. The van der Waals surface area contributed by atoms with E-state index in [1.807, 2.05) is 31.2 Å². The summed E-state index contributed by atoms with van der Waals surface area (Å²) in [6.45, 7) is 2.04. The van der Waals surface area contributed by atoms with Crippen LogP contribution in [0.1, 0.15) is 96.6 Å². The van der Waals surface area contributed by atoms with E-state index in [4.69, 9.17) is 4.99 Å². The minimum atomic E-state index is -4.44. The van der Waals surface area contributed by atoms with E-state index in [9.17, 15) is 18.0 Å². The third-order valence-corrected chi connectivity index (χ3v) is 8.81. The summed E-state index contributed by atoms with van der Waals surface area (Å²) >= 11 is 1.41. The lowest BCUT2D eigenvalue weighted by molar-refractivity contribution is -0.137. The minimum absolute atomic E-state index is 0.244. The molecule has 7 heteroatoms. The van der Waals surface area contributed by atoms with Gasteiger partial charge in [0.15, 0.2) is 4.80 Å². The first kappa shape index (κ1) is 26.0. The molecule has 2 aliphatic carbocycles. The molecule has 2 fully saturated rings. The van der Waals surface area contributed by atoms with Crippen LogP contribution in [0.3, 0.4) is 0 Å². The maximum absolute atomic E-state index is 13.9. The molecule has 5 rings (SSSR count). The third kappa shape index (κ3) is 5.62. The lowest BCUT2D eigenvalue weighted by Gasteiger charge is -2.26.